The van der Waals surface area contributed by atoms with Gasteiger partial charge in [0.1, 0.15) is 11.5 Å². The first-order chi connectivity index (χ1) is 18.4. The Bertz CT molecular complexity index is 1480. The highest BCUT2D eigenvalue weighted by Crippen LogP contribution is 2.45. The number of carbonyl (C=O) groups is 3. The second-order valence-electron chi connectivity index (χ2n) is 10.4. The van der Waals surface area contributed by atoms with E-state index in [1.54, 1.807) is 31.2 Å². The molecule has 1 aliphatic heterocycles. The number of halogens is 1. The molecule has 1 fully saturated rings. The Morgan fingerprint density at radius 1 is 0.974 bits per heavy atom. The number of amides is 1. The SMILES string of the molecule is COC(=O)c1ccc(N2C(=O)C(=O)/C(=C(/O)c3cc(C)cc(Cl)c3OC)C2c2ccc(C(C)(C)C)cc2)cc1. The van der Waals surface area contributed by atoms with Crippen molar-refractivity contribution in [2.45, 2.75) is 39.2 Å². The topological polar surface area (TPSA) is 93.1 Å². The molecule has 0 spiro atoms. The van der Waals surface area contributed by atoms with Crippen molar-refractivity contribution in [2.24, 2.45) is 0 Å². The van der Waals surface area contributed by atoms with Crippen LogP contribution in [-0.4, -0.2) is 37.0 Å². The molecule has 0 aromatic heterocycles. The van der Waals surface area contributed by atoms with E-state index < -0.39 is 29.5 Å². The van der Waals surface area contributed by atoms with Crippen LogP contribution in [-0.2, 0) is 19.7 Å². The summed E-state index contributed by atoms with van der Waals surface area (Å²) < 4.78 is 10.2. The van der Waals surface area contributed by atoms with Gasteiger partial charge in [-0.1, -0.05) is 56.6 Å². The summed E-state index contributed by atoms with van der Waals surface area (Å²) in [5, 5.41) is 11.8. The van der Waals surface area contributed by atoms with Gasteiger partial charge in [0.05, 0.1) is 42.0 Å². The third-order valence-corrected chi connectivity index (χ3v) is 7.03. The second-order valence-corrected chi connectivity index (χ2v) is 10.8. The van der Waals surface area contributed by atoms with E-state index in [0.717, 1.165) is 11.1 Å². The average molecular weight is 548 g/mol. The van der Waals surface area contributed by atoms with Gasteiger partial charge >= 0.3 is 5.97 Å². The standard InChI is InChI=1S/C31H30ClNO6/c1-17-15-22(28(38-5)23(32)16-17)26(34)24-25(18-7-11-20(12-8-18)31(2,3)4)33(29(36)27(24)35)21-13-9-19(10-14-21)30(37)39-6/h7-16,25,34H,1-6H3/b26-24+. The van der Waals surface area contributed by atoms with Crippen molar-refractivity contribution >= 4 is 40.7 Å². The van der Waals surface area contributed by atoms with Gasteiger partial charge in [0.25, 0.3) is 11.7 Å². The van der Waals surface area contributed by atoms with Crippen molar-refractivity contribution in [1.82, 2.24) is 0 Å². The van der Waals surface area contributed by atoms with Gasteiger partial charge < -0.3 is 14.6 Å². The highest BCUT2D eigenvalue weighted by molar-refractivity contribution is 6.51. The number of ether oxygens (including phenoxy) is 2. The Balaban J connectivity index is 1.96. The van der Waals surface area contributed by atoms with Crippen molar-refractivity contribution in [3.63, 3.8) is 0 Å². The number of rotatable bonds is 5. The van der Waals surface area contributed by atoms with Crippen LogP contribution in [0.25, 0.3) is 5.76 Å². The number of hydrogen-bond donors (Lipinski definition) is 1. The van der Waals surface area contributed by atoms with Crippen molar-refractivity contribution in [3.8, 4) is 5.75 Å². The molecule has 1 amide bonds. The lowest BCUT2D eigenvalue weighted by Crippen LogP contribution is -2.29. The molecular formula is C31H30ClNO6. The molecular weight excluding hydrogens is 518 g/mol. The van der Waals surface area contributed by atoms with E-state index in [9.17, 15) is 19.5 Å². The molecule has 0 saturated carbocycles. The normalized spacial score (nSPS) is 16.9. The summed E-state index contributed by atoms with van der Waals surface area (Å²) in [6.45, 7) is 8.06. The number of nitrogens with zero attached hydrogens (tertiary/aromatic N) is 1. The molecule has 0 aliphatic carbocycles. The van der Waals surface area contributed by atoms with E-state index in [-0.39, 0.29) is 27.3 Å². The van der Waals surface area contributed by atoms with Crippen molar-refractivity contribution in [2.75, 3.05) is 19.1 Å². The zero-order chi connectivity index (χ0) is 28.6. The third kappa shape index (κ3) is 5.14. The maximum absolute atomic E-state index is 13.5. The van der Waals surface area contributed by atoms with Crippen LogP contribution in [0.4, 0.5) is 5.69 Å². The van der Waals surface area contributed by atoms with Gasteiger partial charge in [-0.2, -0.15) is 0 Å². The van der Waals surface area contributed by atoms with Gasteiger partial charge in [0, 0.05) is 5.69 Å². The maximum Gasteiger partial charge on any atom is 0.337 e. The van der Waals surface area contributed by atoms with E-state index in [1.807, 2.05) is 24.3 Å². The van der Waals surface area contributed by atoms with Gasteiger partial charge in [-0.3, -0.25) is 14.5 Å². The minimum atomic E-state index is -0.952. The largest absolute Gasteiger partial charge is 0.507 e. The number of Topliss-reactive ketones (excluding diaryl/α,β-unsaturated/α-hetero) is 1. The summed E-state index contributed by atoms with van der Waals surface area (Å²) in [6.07, 6.45) is 0. The number of aryl methyl sites for hydroxylation is 1. The third-order valence-electron chi connectivity index (χ3n) is 6.75. The zero-order valence-corrected chi connectivity index (χ0v) is 23.4. The number of aliphatic hydroxyl groups is 1. The first-order valence-corrected chi connectivity index (χ1v) is 12.7. The smallest absolute Gasteiger partial charge is 0.337 e. The van der Waals surface area contributed by atoms with E-state index >= 15 is 0 Å². The molecule has 1 saturated heterocycles. The molecule has 4 rings (SSSR count). The number of aliphatic hydroxyl groups excluding tert-OH is 1. The van der Waals surface area contributed by atoms with Gasteiger partial charge in [0.2, 0.25) is 0 Å². The Hall–Kier alpha value is -4.10. The van der Waals surface area contributed by atoms with Gasteiger partial charge in [-0.15, -0.1) is 0 Å². The Morgan fingerprint density at radius 3 is 2.13 bits per heavy atom. The molecule has 8 heteroatoms. The van der Waals surface area contributed by atoms with E-state index in [1.165, 1.54) is 31.3 Å². The Morgan fingerprint density at radius 2 is 1.59 bits per heavy atom. The lowest BCUT2D eigenvalue weighted by molar-refractivity contribution is -0.132. The fourth-order valence-electron chi connectivity index (χ4n) is 4.71. The van der Waals surface area contributed by atoms with Crippen LogP contribution in [0.15, 0.2) is 66.2 Å². The summed E-state index contributed by atoms with van der Waals surface area (Å²) >= 11 is 6.38. The summed E-state index contributed by atoms with van der Waals surface area (Å²) in [4.78, 5) is 40.3. The summed E-state index contributed by atoms with van der Waals surface area (Å²) in [5.41, 5.74) is 3.09. The van der Waals surface area contributed by atoms with Gasteiger partial charge in [-0.05, 0) is 65.4 Å². The van der Waals surface area contributed by atoms with Crippen LogP contribution in [0.3, 0.4) is 0 Å². The monoisotopic (exact) mass is 547 g/mol. The molecule has 3 aromatic carbocycles. The van der Waals surface area contributed by atoms with Crippen LogP contribution < -0.4 is 9.64 Å². The molecule has 1 N–H and O–H groups in total. The first-order valence-electron chi connectivity index (χ1n) is 12.3. The number of carbonyl (C=O) groups excluding carboxylic acids is 3. The summed E-state index contributed by atoms with van der Waals surface area (Å²) in [5.74, 6) is -2.40. The zero-order valence-electron chi connectivity index (χ0n) is 22.7. The maximum atomic E-state index is 13.5. The predicted molar refractivity (Wildman–Crippen MR) is 150 cm³/mol. The molecule has 202 valence electrons. The first kappa shape index (κ1) is 27.9. The fraction of sp³-hybridized carbons (Fsp3) is 0.258. The van der Waals surface area contributed by atoms with Crippen LogP contribution in [0, 0.1) is 6.92 Å². The van der Waals surface area contributed by atoms with Gasteiger partial charge in [0.15, 0.2) is 0 Å². The molecule has 1 unspecified atom stereocenters. The minimum Gasteiger partial charge on any atom is -0.507 e. The van der Waals surface area contributed by atoms with Crippen molar-refractivity contribution < 1.29 is 29.0 Å². The van der Waals surface area contributed by atoms with Crippen LogP contribution >= 0.6 is 11.6 Å². The number of ketones is 1. The summed E-state index contributed by atoms with van der Waals surface area (Å²) in [6, 6.07) is 16.1. The number of esters is 1. The average Bonchev–Trinajstić information content (AvgIpc) is 3.17. The van der Waals surface area contributed by atoms with Crippen molar-refractivity contribution in [3.05, 3.63) is 99.1 Å². The molecule has 3 aromatic rings. The molecule has 39 heavy (non-hydrogen) atoms. The highest BCUT2D eigenvalue weighted by Gasteiger charge is 2.47. The lowest BCUT2D eigenvalue weighted by Gasteiger charge is -2.27. The van der Waals surface area contributed by atoms with E-state index in [0.29, 0.717) is 16.8 Å². The number of anilines is 1. The lowest BCUT2D eigenvalue weighted by atomic mass is 9.85. The quantitative estimate of drug-likeness (QED) is 0.173. The van der Waals surface area contributed by atoms with Crippen LogP contribution in [0.1, 0.15) is 59.4 Å². The Kier molecular flexibility index (Phi) is 7.57. The number of hydrogen-bond acceptors (Lipinski definition) is 6. The van der Waals surface area contributed by atoms with E-state index in [2.05, 4.69) is 20.8 Å². The molecule has 1 heterocycles. The second kappa shape index (κ2) is 10.6. The predicted octanol–water partition coefficient (Wildman–Crippen LogP) is 6.37. The molecule has 7 nitrogen and oxygen atoms in total. The van der Waals surface area contributed by atoms with Crippen LogP contribution in [0.5, 0.6) is 5.75 Å². The molecule has 1 atom stereocenters. The molecule has 1 aliphatic rings. The highest BCUT2D eigenvalue weighted by atomic mass is 35.5. The summed E-state index contributed by atoms with van der Waals surface area (Å²) in [7, 11) is 2.69. The number of benzene rings is 3. The minimum absolute atomic E-state index is 0.0967. The van der Waals surface area contributed by atoms with Crippen molar-refractivity contribution in [1.29, 1.82) is 0 Å². The van der Waals surface area contributed by atoms with Gasteiger partial charge in [-0.25, -0.2) is 4.79 Å². The van der Waals surface area contributed by atoms with Crippen LogP contribution in [0.2, 0.25) is 5.02 Å². The fourth-order valence-corrected chi connectivity index (χ4v) is 5.06. The number of methoxy groups -OCH3 is 2. The van der Waals surface area contributed by atoms with E-state index in [4.69, 9.17) is 21.1 Å². The molecule has 0 bridgehead atoms. The Labute approximate surface area is 232 Å². The molecule has 0 radical (unpaired) electrons.